The molecule has 2 aromatic heterocycles. The number of primary amides is 1. The summed E-state index contributed by atoms with van der Waals surface area (Å²) in [5, 5.41) is 13.7. The van der Waals surface area contributed by atoms with E-state index in [1.165, 1.54) is 0 Å². The molecule has 1 atom stereocenters. The summed E-state index contributed by atoms with van der Waals surface area (Å²) in [6.07, 6.45) is 0. The zero-order chi connectivity index (χ0) is 19.6. The van der Waals surface area contributed by atoms with Crippen LogP contribution in [0.3, 0.4) is 0 Å². The maximum absolute atomic E-state index is 12.7. The van der Waals surface area contributed by atoms with Crippen molar-refractivity contribution in [2.24, 2.45) is 5.73 Å². The second kappa shape index (κ2) is 7.58. The third-order valence-corrected chi connectivity index (χ3v) is 5.02. The van der Waals surface area contributed by atoms with Crippen LogP contribution in [0.25, 0.3) is 0 Å². The molecule has 0 saturated heterocycles. The number of aryl methyl sites for hydroxylation is 2. The maximum Gasteiger partial charge on any atom is 0.270 e. The minimum absolute atomic E-state index is 0.0274. The van der Waals surface area contributed by atoms with Crippen molar-refractivity contribution >= 4 is 39.0 Å². The Morgan fingerprint density at radius 2 is 1.93 bits per heavy atom. The third kappa shape index (κ3) is 3.98. The molecule has 3 rings (SSSR count). The number of aromatic nitrogens is 3. The summed E-state index contributed by atoms with van der Waals surface area (Å²) >= 11 is 1.16. The number of nitrogens with zero attached hydrogens (tertiary/aromatic N) is 2. The summed E-state index contributed by atoms with van der Waals surface area (Å²) in [5.74, 6) is -1.41. The molecule has 0 aliphatic heterocycles. The number of nitrogens with two attached hydrogens (primary N) is 1. The van der Waals surface area contributed by atoms with Crippen LogP contribution >= 0.6 is 11.3 Å². The van der Waals surface area contributed by atoms with E-state index in [1.54, 1.807) is 6.92 Å². The molecule has 9 heteroatoms. The van der Waals surface area contributed by atoms with E-state index in [0.717, 1.165) is 34.0 Å². The molecule has 2 amide bonds. The van der Waals surface area contributed by atoms with Crippen molar-refractivity contribution in [3.8, 4) is 0 Å². The number of rotatable bonds is 6. The van der Waals surface area contributed by atoms with Crippen molar-refractivity contribution in [2.45, 2.75) is 26.7 Å². The van der Waals surface area contributed by atoms with Gasteiger partial charge in [0.15, 0.2) is 10.8 Å². The number of H-pyrrole nitrogens is 1. The molecule has 27 heavy (non-hydrogen) atoms. The van der Waals surface area contributed by atoms with Crippen LogP contribution in [0.5, 0.6) is 0 Å². The van der Waals surface area contributed by atoms with Gasteiger partial charge in [0.1, 0.15) is 5.00 Å². The van der Waals surface area contributed by atoms with Crippen LogP contribution in [-0.4, -0.2) is 27.0 Å². The van der Waals surface area contributed by atoms with Gasteiger partial charge < -0.3 is 16.4 Å². The Bertz CT molecular complexity index is 960. The fraction of sp³-hybridized carbons (Fsp3) is 0.222. The lowest BCUT2D eigenvalue weighted by Crippen LogP contribution is -2.22. The first kappa shape index (κ1) is 18.6. The predicted octanol–water partition coefficient (Wildman–Crippen LogP) is 3.07. The zero-order valence-corrected chi connectivity index (χ0v) is 16.0. The van der Waals surface area contributed by atoms with Crippen LogP contribution in [-0.2, 0) is 4.79 Å². The van der Waals surface area contributed by atoms with Crippen molar-refractivity contribution in [3.05, 3.63) is 53.0 Å². The molecule has 0 aliphatic rings. The van der Waals surface area contributed by atoms with Crippen LogP contribution in [0, 0.1) is 13.8 Å². The summed E-state index contributed by atoms with van der Waals surface area (Å²) in [4.78, 5) is 28.7. The lowest BCUT2D eigenvalue weighted by molar-refractivity contribution is -0.117. The molecule has 5 N–H and O–H groups in total. The van der Waals surface area contributed by atoms with Crippen LogP contribution in [0.4, 0.5) is 15.8 Å². The third-order valence-electron chi connectivity index (χ3n) is 4.13. The van der Waals surface area contributed by atoms with Crippen LogP contribution in [0.2, 0.25) is 0 Å². The quantitative estimate of drug-likeness (QED) is 0.520. The first-order chi connectivity index (χ1) is 12.9. The lowest BCUT2D eigenvalue weighted by atomic mass is 9.98. The zero-order valence-electron chi connectivity index (χ0n) is 15.2. The summed E-state index contributed by atoms with van der Waals surface area (Å²) in [6, 6.07) is 9.40. The number of hydrogen-bond acceptors (Lipinski definition) is 6. The first-order valence-corrected chi connectivity index (χ1v) is 9.13. The van der Waals surface area contributed by atoms with Crippen LogP contribution in [0.15, 0.2) is 30.3 Å². The van der Waals surface area contributed by atoms with E-state index in [0.29, 0.717) is 10.1 Å². The summed E-state index contributed by atoms with van der Waals surface area (Å²) in [6.45, 7) is 5.49. The minimum Gasteiger partial charge on any atom is -0.364 e. The molecule has 140 valence electrons. The van der Waals surface area contributed by atoms with Gasteiger partial charge in [-0.15, -0.1) is 0 Å². The highest BCUT2D eigenvalue weighted by molar-refractivity contribution is 7.20. The second-order valence-electron chi connectivity index (χ2n) is 6.11. The van der Waals surface area contributed by atoms with Gasteiger partial charge in [-0.3, -0.25) is 14.7 Å². The van der Waals surface area contributed by atoms with Gasteiger partial charge in [0, 0.05) is 16.9 Å². The number of nitrogens with one attached hydrogen (secondary N) is 3. The molecule has 0 fully saturated rings. The van der Waals surface area contributed by atoms with E-state index in [4.69, 9.17) is 5.73 Å². The first-order valence-electron chi connectivity index (χ1n) is 8.31. The predicted molar refractivity (Wildman–Crippen MR) is 105 cm³/mol. The van der Waals surface area contributed by atoms with Gasteiger partial charge >= 0.3 is 0 Å². The van der Waals surface area contributed by atoms with Crippen LogP contribution < -0.4 is 16.4 Å². The number of anilines is 3. The Hall–Kier alpha value is -3.20. The van der Waals surface area contributed by atoms with E-state index < -0.39 is 11.8 Å². The summed E-state index contributed by atoms with van der Waals surface area (Å²) < 4.78 is 0. The topological polar surface area (TPSA) is 126 Å². The molecule has 0 bridgehead atoms. The molecular weight excluding hydrogens is 364 g/mol. The van der Waals surface area contributed by atoms with Gasteiger partial charge in [0.2, 0.25) is 5.91 Å². The van der Waals surface area contributed by atoms with Gasteiger partial charge in [0.25, 0.3) is 5.91 Å². The molecular formula is C18H20N6O2S. The molecule has 0 aliphatic carbocycles. The number of carbonyl (C=O) groups is 2. The Morgan fingerprint density at radius 1 is 1.22 bits per heavy atom. The van der Waals surface area contributed by atoms with Crippen molar-refractivity contribution in [1.29, 1.82) is 0 Å². The number of para-hydroxylation sites is 1. The largest absolute Gasteiger partial charge is 0.364 e. The van der Waals surface area contributed by atoms with Crippen molar-refractivity contribution in [2.75, 3.05) is 10.6 Å². The number of carbonyl (C=O) groups excluding carboxylic acids is 2. The average molecular weight is 384 g/mol. The summed E-state index contributed by atoms with van der Waals surface area (Å²) in [7, 11) is 0. The van der Waals surface area contributed by atoms with Crippen LogP contribution in [0.1, 0.15) is 40.3 Å². The van der Waals surface area contributed by atoms with Crippen molar-refractivity contribution in [3.63, 3.8) is 0 Å². The Labute approximate surface area is 160 Å². The van der Waals surface area contributed by atoms with Crippen molar-refractivity contribution < 1.29 is 9.59 Å². The number of hydrogen-bond donors (Lipinski definition) is 4. The molecule has 1 aromatic carbocycles. The van der Waals surface area contributed by atoms with Gasteiger partial charge in [-0.1, -0.05) is 29.5 Å². The van der Waals surface area contributed by atoms with E-state index in [-0.39, 0.29) is 11.6 Å². The van der Waals surface area contributed by atoms with Gasteiger partial charge in [0.05, 0.1) is 11.6 Å². The van der Waals surface area contributed by atoms with E-state index in [1.807, 2.05) is 44.2 Å². The standard InChI is InChI=1S/C18H20N6O2S/c1-9(13-10(2)23-24-11(13)3)16(26)22-17-14(15(19)25)21-18(27-17)20-12-7-5-4-6-8-12/h4-9H,1-3H3,(H2,19,25)(H,20,21)(H,22,26)(H,23,24)/t9-/m0/s1. The highest BCUT2D eigenvalue weighted by Gasteiger charge is 2.24. The molecule has 8 nitrogen and oxygen atoms in total. The second-order valence-corrected chi connectivity index (χ2v) is 7.11. The lowest BCUT2D eigenvalue weighted by Gasteiger charge is -2.12. The molecule has 0 spiro atoms. The van der Waals surface area contributed by atoms with Gasteiger partial charge in [-0.25, -0.2) is 4.98 Å². The average Bonchev–Trinajstić information content (AvgIpc) is 3.18. The monoisotopic (exact) mass is 384 g/mol. The smallest absolute Gasteiger partial charge is 0.270 e. The van der Waals surface area contributed by atoms with Gasteiger partial charge in [-0.05, 0) is 32.9 Å². The molecule has 0 radical (unpaired) electrons. The molecule has 3 aromatic rings. The van der Waals surface area contributed by atoms with E-state index in [2.05, 4.69) is 25.8 Å². The minimum atomic E-state index is -0.703. The normalized spacial score (nSPS) is 11.8. The Kier molecular flexibility index (Phi) is 5.22. The SMILES string of the molecule is Cc1n[nH]c(C)c1[C@H](C)C(=O)Nc1sc(Nc2ccccc2)nc1C(N)=O. The number of thiazole rings is 1. The molecule has 0 unspecified atom stereocenters. The fourth-order valence-corrected chi connectivity index (χ4v) is 3.71. The van der Waals surface area contributed by atoms with E-state index in [9.17, 15) is 9.59 Å². The van der Waals surface area contributed by atoms with Crippen molar-refractivity contribution in [1.82, 2.24) is 15.2 Å². The maximum atomic E-state index is 12.7. The summed E-state index contributed by atoms with van der Waals surface area (Å²) in [5.41, 5.74) is 8.70. The molecule has 2 heterocycles. The Morgan fingerprint density at radius 3 is 2.52 bits per heavy atom. The number of benzene rings is 1. The van der Waals surface area contributed by atoms with E-state index >= 15 is 0 Å². The highest BCUT2D eigenvalue weighted by atomic mass is 32.1. The molecule has 0 saturated carbocycles. The number of aromatic amines is 1. The number of amides is 2. The highest BCUT2D eigenvalue weighted by Crippen LogP contribution is 2.32. The Balaban J connectivity index is 1.83. The van der Waals surface area contributed by atoms with Gasteiger partial charge in [-0.2, -0.15) is 5.10 Å². The fourth-order valence-electron chi connectivity index (χ4n) is 2.82.